The van der Waals surface area contributed by atoms with E-state index in [4.69, 9.17) is 37.9 Å². The van der Waals surface area contributed by atoms with Crippen molar-refractivity contribution in [1.29, 1.82) is 0 Å². The number of fused-ring (bicyclic) bond motifs is 8. The number of para-hydroxylation sites is 1. The molecule has 1 unspecified atom stereocenters. The molecule has 15 heteroatoms. The van der Waals surface area contributed by atoms with E-state index in [1.54, 1.807) is 27.4 Å². The maximum Gasteiger partial charge on any atom is 0.305 e. The van der Waals surface area contributed by atoms with Gasteiger partial charge in [-0.2, -0.15) is 0 Å². The number of amides is 1. The van der Waals surface area contributed by atoms with Crippen LogP contribution in [0, 0.1) is 5.92 Å². The zero-order valence-corrected chi connectivity index (χ0v) is 42.3. The molecule has 0 N–H and O–H groups in total. The Kier molecular flexibility index (Phi) is 15.8. The molecule has 0 bridgehead atoms. The highest BCUT2D eigenvalue weighted by Crippen LogP contribution is 2.47. The number of carbonyl (C=O) groups is 3. The van der Waals surface area contributed by atoms with Crippen LogP contribution in [-0.2, 0) is 49.8 Å². The highest BCUT2D eigenvalue weighted by molar-refractivity contribution is 6.12. The molecule has 4 aliphatic rings. The molecule has 9 rings (SSSR count). The first-order valence-corrected chi connectivity index (χ1v) is 24.8. The molecule has 1 aliphatic carbocycles. The molecule has 5 aromatic carbocycles. The Balaban J connectivity index is 1.00. The van der Waals surface area contributed by atoms with Crippen molar-refractivity contribution in [1.82, 2.24) is 0 Å². The van der Waals surface area contributed by atoms with Crippen LogP contribution in [0.4, 0.5) is 22.7 Å². The van der Waals surface area contributed by atoms with Crippen LogP contribution < -0.4 is 38.5 Å². The van der Waals surface area contributed by atoms with Gasteiger partial charge in [-0.25, -0.2) is 0 Å². The molecular formula is C57H66N4O11. The van der Waals surface area contributed by atoms with Gasteiger partial charge in [0.25, 0.3) is 5.91 Å². The molecule has 0 spiro atoms. The maximum absolute atomic E-state index is 14.4. The fraction of sp³-hybridized carbons (Fsp3) is 0.421. The Morgan fingerprint density at radius 1 is 0.639 bits per heavy atom. The summed E-state index contributed by atoms with van der Waals surface area (Å²) in [7, 11) is 10.3. The fourth-order valence-corrected chi connectivity index (χ4v) is 10.8. The number of hydrogen-bond donors (Lipinski definition) is 0. The quantitative estimate of drug-likeness (QED) is 0.0491. The Bertz CT molecular complexity index is 2610. The molecule has 72 heavy (non-hydrogen) atoms. The third kappa shape index (κ3) is 10.7. The number of rotatable bonds is 22. The first-order valence-electron chi connectivity index (χ1n) is 24.8. The summed E-state index contributed by atoms with van der Waals surface area (Å²) in [5.74, 6) is 1.61. The Hall–Kier alpha value is -6.81. The molecule has 1 amide bonds. The van der Waals surface area contributed by atoms with E-state index in [-0.39, 0.29) is 55.2 Å². The molecule has 0 saturated carbocycles. The number of ether oxygens (including phenoxy) is 8. The van der Waals surface area contributed by atoms with Gasteiger partial charge in [0.15, 0.2) is 28.8 Å². The van der Waals surface area contributed by atoms with Crippen LogP contribution in [0.3, 0.4) is 0 Å². The lowest BCUT2D eigenvalue weighted by molar-refractivity contribution is -0.140. The third-order valence-corrected chi connectivity index (χ3v) is 14.3. The number of likely N-dealkylation sites (N-methyl/N-ethyl adjacent to an activating group) is 1. The summed E-state index contributed by atoms with van der Waals surface area (Å²) in [5.41, 5.74) is 9.78. The first-order chi connectivity index (χ1) is 35.1. The van der Waals surface area contributed by atoms with E-state index in [1.165, 1.54) is 18.2 Å². The molecule has 0 saturated heterocycles. The summed E-state index contributed by atoms with van der Waals surface area (Å²) in [4.78, 5) is 49.4. The summed E-state index contributed by atoms with van der Waals surface area (Å²) in [6.45, 7) is 5.02. The fourth-order valence-electron chi connectivity index (χ4n) is 10.8. The molecule has 3 aliphatic heterocycles. The van der Waals surface area contributed by atoms with Crippen LogP contribution in [0.2, 0.25) is 0 Å². The summed E-state index contributed by atoms with van der Waals surface area (Å²) in [5, 5.41) is 0. The van der Waals surface area contributed by atoms with Gasteiger partial charge in [0.1, 0.15) is 13.2 Å². The molecule has 0 fully saturated rings. The predicted octanol–water partition coefficient (Wildman–Crippen LogP) is 7.91. The van der Waals surface area contributed by atoms with E-state index in [1.807, 2.05) is 73.6 Å². The smallest absolute Gasteiger partial charge is 0.305 e. The van der Waals surface area contributed by atoms with Gasteiger partial charge in [-0.05, 0) is 89.4 Å². The predicted molar refractivity (Wildman–Crippen MR) is 276 cm³/mol. The zero-order valence-electron chi connectivity index (χ0n) is 42.3. The minimum Gasteiger partial charge on any atom is -0.493 e. The first kappa shape index (κ1) is 50.1. The summed E-state index contributed by atoms with van der Waals surface area (Å²) < 4.78 is 46.9. The van der Waals surface area contributed by atoms with E-state index in [2.05, 4.69) is 45.0 Å². The Morgan fingerprint density at radius 2 is 1.26 bits per heavy atom. The topological polar surface area (TPSA) is 138 Å². The molecule has 380 valence electrons. The van der Waals surface area contributed by atoms with Gasteiger partial charge in [0, 0.05) is 82.9 Å². The van der Waals surface area contributed by atoms with Gasteiger partial charge in [0.2, 0.25) is 0 Å². The Morgan fingerprint density at radius 3 is 1.96 bits per heavy atom. The van der Waals surface area contributed by atoms with E-state index in [0.717, 1.165) is 58.8 Å². The minimum atomic E-state index is -0.280. The lowest BCUT2D eigenvalue weighted by atomic mass is 9.86. The van der Waals surface area contributed by atoms with Crippen LogP contribution in [0.1, 0.15) is 67.3 Å². The van der Waals surface area contributed by atoms with Crippen LogP contribution in [0.25, 0.3) is 0 Å². The molecule has 0 radical (unpaired) electrons. The highest BCUT2D eigenvalue weighted by atomic mass is 16.5. The number of ketones is 1. The van der Waals surface area contributed by atoms with E-state index in [0.29, 0.717) is 93.2 Å². The highest BCUT2D eigenvalue weighted by Gasteiger charge is 2.42. The molecule has 15 nitrogen and oxygen atoms in total. The SMILES string of the molecule is COCCOCCOCCN(CCCC(=O)OC)c1cc(COc2cc3c(cc2OC)C(=O)C2c4ccccc4C[C@H]2CN3C)cc(COc2cc3c(cc2OC)C(=O)N2c4ccccc4C[C@H]2CN3C)c1. The number of methoxy groups -OCH3 is 4. The van der Waals surface area contributed by atoms with Crippen LogP contribution >= 0.6 is 0 Å². The number of anilines is 4. The molecule has 5 aromatic rings. The van der Waals surface area contributed by atoms with Crippen molar-refractivity contribution < 1.29 is 52.3 Å². The van der Waals surface area contributed by atoms with Gasteiger partial charge in [-0.15, -0.1) is 0 Å². The number of nitrogens with zero attached hydrogens (tertiary/aromatic N) is 4. The largest absolute Gasteiger partial charge is 0.493 e. The summed E-state index contributed by atoms with van der Waals surface area (Å²) in [6.07, 6.45) is 2.44. The minimum absolute atomic E-state index is 0.00623. The van der Waals surface area contributed by atoms with Crippen molar-refractivity contribution in [2.75, 3.05) is 121 Å². The summed E-state index contributed by atoms with van der Waals surface area (Å²) in [6, 6.07) is 30.0. The van der Waals surface area contributed by atoms with Gasteiger partial charge in [-0.3, -0.25) is 14.4 Å². The molecule has 3 atom stereocenters. The third-order valence-electron chi connectivity index (χ3n) is 14.3. The van der Waals surface area contributed by atoms with Crippen LogP contribution in [0.15, 0.2) is 91.0 Å². The van der Waals surface area contributed by atoms with E-state index in [9.17, 15) is 14.4 Å². The maximum atomic E-state index is 14.4. The number of carbonyl (C=O) groups excluding carboxylic acids is 3. The second kappa shape index (κ2) is 22.7. The van der Waals surface area contributed by atoms with Gasteiger partial charge < -0.3 is 57.5 Å². The second-order valence-corrected chi connectivity index (χ2v) is 18.9. The van der Waals surface area contributed by atoms with Crippen LogP contribution in [-0.4, -0.2) is 125 Å². The second-order valence-electron chi connectivity index (χ2n) is 18.9. The monoisotopic (exact) mass is 982 g/mol. The average Bonchev–Trinajstić information content (AvgIpc) is 3.90. The van der Waals surface area contributed by atoms with Crippen molar-refractivity contribution in [2.45, 2.75) is 50.9 Å². The Labute approximate surface area is 422 Å². The van der Waals surface area contributed by atoms with Crippen LogP contribution in [0.5, 0.6) is 23.0 Å². The van der Waals surface area contributed by atoms with Crippen molar-refractivity contribution in [3.8, 4) is 23.0 Å². The van der Waals surface area contributed by atoms with Gasteiger partial charge in [-0.1, -0.05) is 42.5 Å². The van der Waals surface area contributed by atoms with Gasteiger partial charge >= 0.3 is 5.97 Å². The van der Waals surface area contributed by atoms with Crippen molar-refractivity contribution >= 4 is 40.4 Å². The lowest BCUT2D eigenvalue weighted by Gasteiger charge is -2.27. The average molecular weight is 983 g/mol. The van der Waals surface area contributed by atoms with Crippen molar-refractivity contribution in [3.63, 3.8) is 0 Å². The van der Waals surface area contributed by atoms with Crippen molar-refractivity contribution in [3.05, 3.63) is 130 Å². The van der Waals surface area contributed by atoms with Crippen molar-refractivity contribution in [2.24, 2.45) is 5.92 Å². The molecule has 0 aromatic heterocycles. The standard InChI is InChI=1S/C57H66N4O11/c1-58-33-41-27-39-12-7-9-14-44(39)55(41)56(63)45-29-50(66-4)52(31-48(45)58)71-35-37-24-38(26-42(25-37)60(17-11-16-54(62)68-6)18-19-69-22-23-70-21-20-65-3)36-72-53-32-49-46(30-51(53)67-5)57(64)61-43(34-59(49)2)28-40-13-8-10-15-47(40)61/h7-10,12-15,24-26,29-32,41,43,55H,11,16-23,27-28,33-36H2,1-6H3/t41-,43-,55?/m0/s1. The van der Waals surface area contributed by atoms with E-state index < -0.39 is 0 Å². The number of Topliss-reactive ketones (excluding diaryl/α,β-unsaturated/α-hetero) is 1. The summed E-state index contributed by atoms with van der Waals surface area (Å²) >= 11 is 0. The number of benzene rings is 5. The number of hydrogen-bond acceptors (Lipinski definition) is 14. The lowest BCUT2D eigenvalue weighted by Crippen LogP contribution is -2.41. The van der Waals surface area contributed by atoms with E-state index >= 15 is 0 Å². The zero-order chi connectivity index (χ0) is 50.3. The van der Waals surface area contributed by atoms with Gasteiger partial charge in [0.05, 0.1) is 83.3 Å². The normalized spacial score (nSPS) is 17.5. The number of esters is 1. The molecule has 3 heterocycles. The molecular weight excluding hydrogens is 917 g/mol.